The van der Waals surface area contributed by atoms with E-state index in [1.54, 1.807) is 0 Å². The van der Waals surface area contributed by atoms with E-state index in [9.17, 15) is 0 Å². The average molecular weight is 737 g/mol. The Balaban J connectivity index is 0.000000161. The minimum absolute atomic E-state index is 0. The van der Waals surface area contributed by atoms with E-state index in [4.69, 9.17) is 35.1 Å². The Morgan fingerprint density at radius 3 is 1.44 bits per heavy atom. The van der Waals surface area contributed by atoms with Crippen molar-refractivity contribution in [3.05, 3.63) is 71.1 Å². The first-order valence-electron chi connectivity index (χ1n) is 20.2. The monoisotopic (exact) mass is 737 g/mol. The maximum atomic E-state index is 6.07. The van der Waals surface area contributed by atoms with Crippen LogP contribution in [-0.4, -0.2) is 86.2 Å². The Kier molecular flexibility index (Phi) is 12.0. The number of aromatic nitrogens is 6. The molecule has 2 saturated carbocycles. The fourth-order valence-electron chi connectivity index (χ4n) is 9.99. The van der Waals surface area contributed by atoms with Gasteiger partial charge in [0.2, 0.25) is 0 Å². The first-order valence-corrected chi connectivity index (χ1v) is 20.2. The molecule has 0 unspecified atom stereocenters. The van der Waals surface area contributed by atoms with Gasteiger partial charge in [0.1, 0.15) is 0 Å². The maximum absolute atomic E-state index is 6.07. The van der Waals surface area contributed by atoms with Gasteiger partial charge in [-0.2, -0.15) is 0 Å². The van der Waals surface area contributed by atoms with Crippen LogP contribution in [0.4, 0.5) is 0 Å². The zero-order valence-corrected chi connectivity index (χ0v) is 31.2. The molecular weight excluding hydrogens is 673 g/mol. The van der Waals surface area contributed by atoms with Crippen molar-refractivity contribution >= 4 is 22.4 Å². The molecule has 0 atom stereocenters. The third-order valence-corrected chi connectivity index (χ3v) is 13.1. The van der Waals surface area contributed by atoms with Crippen LogP contribution in [0.15, 0.2) is 36.9 Å². The van der Waals surface area contributed by atoms with Gasteiger partial charge in [-0.15, -0.1) is 0 Å². The summed E-state index contributed by atoms with van der Waals surface area (Å²) in [6.07, 6.45) is 29.2. The molecule has 2 aliphatic heterocycles. The summed E-state index contributed by atoms with van der Waals surface area (Å²) in [4.78, 5) is 21.8. The molecule has 4 aromatic heterocycles. The summed E-state index contributed by atoms with van der Waals surface area (Å²) in [5.41, 5.74) is 18.5. The summed E-state index contributed by atoms with van der Waals surface area (Å²) in [6.45, 7) is 3.51. The van der Waals surface area contributed by atoms with Crippen LogP contribution in [0.2, 0.25) is 0 Å². The molecule has 0 bridgehead atoms. The first kappa shape index (κ1) is 38.8. The molecule has 54 heavy (non-hydrogen) atoms. The molecule has 0 radical (unpaired) electrons. The lowest BCUT2D eigenvalue weighted by atomic mass is 9.84. The molecule has 0 spiro atoms. The minimum atomic E-state index is 0. The van der Waals surface area contributed by atoms with E-state index in [0.717, 1.165) is 108 Å². The molecule has 10 heteroatoms. The number of fused-ring (bicyclic) bond motifs is 6. The van der Waals surface area contributed by atoms with Crippen LogP contribution >= 0.6 is 0 Å². The Hall–Kier alpha value is -3.44. The van der Waals surface area contributed by atoms with Gasteiger partial charge in [0.25, 0.3) is 0 Å². The van der Waals surface area contributed by atoms with Crippen molar-refractivity contribution in [2.75, 3.05) is 40.5 Å². The van der Waals surface area contributed by atoms with Gasteiger partial charge in [-0.25, -0.2) is 9.97 Å². The van der Waals surface area contributed by atoms with Crippen molar-refractivity contribution in [2.45, 2.75) is 129 Å². The predicted molar refractivity (Wildman–Crippen MR) is 218 cm³/mol. The second kappa shape index (κ2) is 16.7. The number of rotatable bonds is 5. The summed E-state index contributed by atoms with van der Waals surface area (Å²) >= 11 is 0. The highest BCUT2D eigenvalue weighted by atomic mass is 16.5. The number of ether oxygens (including phenoxy) is 2. The molecule has 292 valence electrons. The fraction of sp³-hybridized carbons (Fsp3) is 0.636. The van der Waals surface area contributed by atoms with Crippen LogP contribution in [-0.2, 0) is 22.3 Å². The molecule has 6 aliphatic rings. The van der Waals surface area contributed by atoms with E-state index in [1.165, 1.54) is 71.0 Å². The van der Waals surface area contributed by atoms with E-state index in [1.807, 2.05) is 12.4 Å². The van der Waals surface area contributed by atoms with Gasteiger partial charge in [-0.3, -0.25) is 18.8 Å². The highest BCUT2D eigenvalue weighted by Crippen LogP contribution is 2.40. The third-order valence-electron chi connectivity index (χ3n) is 13.1. The van der Waals surface area contributed by atoms with Crippen LogP contribution < -0.4 is 5.73 Å². The van der Waals surface area contributed by atoms with Crippen LogP contribution in [0.3, 0.4) is 0 Å². The molecule has 6 heterocycles. The normalized spacial score (nSPS) is 26.0. The Bertz CT molecular complexity index is 1950. The van der Waals surface area contributed by atoms with E-state index >= 15 is 0 Å². The number of hydrogen-bond acceptors (Lipinski definition) is 8. The maximum Gasteiger partial charge on any atom is 0.156 e. The third kappa shape index (κ3) is 7.56. The van der Waals surface area contributed by atoms with E-state index in [0.29, 0.717) is 29.7 Å². The van der Waals surface area contributed by atoms with Gasteiger partial charge < -0.3 is 20.1 Å². The first-order chi connectivity index (χ1) is 25.5. The molecular formula is C44H64N8O2. The zero-order chi connectivity index (χ0) is 35.2. The van der Waals surface area contributed by atoms with Crippen molar-refractivity contribution < 1.29 is 9.47 Å². The molecule has 2 N–H and O–H groups in total. The van der Waals surface area contributed by atoms with Crippen LogP contribution in [0.25, 0.3) is 22.4 Å². The lowest BCUT2D eigenvalue weighted by Gasteiger charge is -2.31. The largest absolute Gasteiger partial charge is 0.381 e. The molecule has 10 nitrogen and oxygen atoms in total. The molecule has 0 aromatic carbocycles. The van der Waals surface area contributed by atoms with Crippen molar-refractivity contribution in [3.63, 3.8) is 0 Å². The van der Waals surface area contributed by atoms with E-state index in [2.05, 4.69) is 52.3 Å². The van der Waals surface area contributed by atoms with Gasteiger partial charge in [0.15, 0.2) is 11.3 Å². The number of nitrogens with zero attached hydrogens (tertiary/aromatic N) is 7. The van der Waals surface area contributed by atoms with E-state index < -0.39 is 0 Å². The SMILES string of the molecule is C.C.CN(C)C1CCC(c2cn3c4c(ncc3n2)CC=C4C2CCOCC2)CC1.NC1CCC(c2cn3c4c(ncc3n2)CC=C4C2CCOCC2)CC1. The number of allylic oxidation sites excluding steroid dienone is 4. The molecule has 4 aliphatic carbocycles. The predicted octanol–water partition coefficient (Wildman–Crippen LogP) is 8.04. The topological polar surface area (TPSA) is 108 Å². The van der Waals surface area contributed by atoms with Crippen molar-refractivity contribution in [3.8, 4) is 0 Å². The fourth-order valence-corrected chi connectivity index (χ4v) is 9.99. The van der Waals surface area contributed by atoms with Crippen molar-refractivity contribution in [2.24, 2.45) is 17.6 Å². The second-order valence-corrected chi connectivity index (χ2v) is 16.5. The smallest absolute Gasteiger partial charge is 0.156 e. The zero-order valence-electron chi connectivity index (χ0n) is 31.2. The summed E-state index contributed by atoms with van der Waals surface area (Å²) in [5, 5.41) is 0. The molecule has 0 amide bonds. The Morgan fingerprint density at radius 1 is 0.593 bits per heavy atom. The molecule has 2 saturated heterocycles. The number of nitrogens with two attached hydrogens (primary N) is 1. The highest BCUT2D eigenvalue weighted by Gasteiger charge is 2.31. The summed E-state index contributed by atoms with van der Waals surface area (Å²) in [5.74, 6) is 2.34. The Morgan fingerprint density at radius 2 is 1.02 bits per heavy atom. The van der Waals surface area contributed by atoms with Crippen LogP contribution in [0, 0.1) is 11.8 Å². The quantitative estimate of drug-likeness (QED) is 0.220. The van der Waals surface area contributed by atoms with Gasteiger partial charge in [-0.1, -0.05) is 27.0 Å². The average Bonchev–Trinajstić information content (AvgIpc) is 4.00. The lowest BCUT2D eigenvalue weighted by molar-refractivity contribution is 0.0806. The van der Waals surface area contributed by atoms with Crippen molar-refractivity contribution in [1.82, 2.24) is 33.6 Å². The van der Waals surface area contributed by atoms with Gasteiger partial charge in [0.05, 0.1) is 46.6 Å². The van der Waals surface area contributed by atoms with Crippen LogP contribution in [0.5, 0.6) is 0 Å². The van der Waals surface area contributed by atoms with Gasteiger partial charge in [-0.05, 0) is 114 Å². The molecule has 4 aromatic rings. The lowest BCUT2D eigenvalue weighted by Crippen LogP contribution is -2.31. The minimum Gasteiger partial charge on any atom is -0.381 e. The van der Waals surface area contributed by atoms with Crippen LogP contribution in [0.1, 0.15) is 138 Å². The standard InChI is InChI=1S/C22H30N4O.C20H26N4O.2CH4/c1-25(2)17-5-3-16(4-6-17)20-14-26-21(24-20)13-23-19-8-7-18(22(19)26)15-9-11-27-12-10-15;21-15-3-1-14(2-4-15)18-12-24-19(23-18)11-22-17-6-5-16(20(17)24)13-7-9-25-10-8-13;;/h7,13-17H,3-6,8-12H2,1-2H3;5,11-15H,1-4,6-10,21H2;2*1H4. The summed E-state index contributed by atoms with van der Waals surface area (Å²) in [7, 11) is 4.41. The number of imidazole rings is 2. The molecule has 4 fully saturated rings. The van der Waals surface area contributed by atoms with E-state index in [-0.39, 0.29) is 14.9 Å². The summed E-state index contributed by atoms with van der Waals surface area (Å²) < 4.78 is 15.8. The van der Waals surface area contributed by atoms with Crippen molar-refractivity contribution in [1.29, 1.82) is 0 Å². The number of hydrogen-bond donors (Lipinski definition) is 1. The van der Waals surface area contributed by atoms with Gasteiger partial charge in [0, 0.05) is 75.6 Å². The summed E-state index contributed by atoms with van der Waals surface area (Å²) in [6, 6.07) is 1.11. The second-order valence-electron chi connectivity index (χ2n) is 16.5. The Labute approximate surface area is 322 Å². The highest BCUT2D eigenvalue weighted by molar-refractivity contribution is 5.74. The molecule has 10 rings (SSSR count). The van der Waals surface area contributed by atoms with Gasteiger partial charge >= 0.3 is 0 Å².